The molecular weight excluding hydrogens is 267 g/mol. The highest BCUT2D eigenvalue weighted by molar-refractivity contribution is 6.69. The van der Waals surface area contributed by atoms with Crippen molar-refractivity contribution in [1.29, 1.82) is 0 Å². The summed E-state index contributed by atoms with van der Waals surface area (Å²) in [5.74, 6) is -0.966. The molecule has 0 aliphatic carbocycles. The maximum Gasteiger partial charge on any atom is 0.303 e. The number of rotatable bonds is 5. The van der Waals surface area contributed by atoms with Crippen molar-refractivity contribution in [3.05, 3.63) is 34.9 Å². The van der Waals surface area contributed by atoms with E-state index in [4.69, 9.17) is 28.3 Å². The summed E-state index contributed by atoms with van der Waals surface area (Å²) in [6.07, 6.45) is 0.0976. The van der Waals surface area contributed by atoms with Crippen molar-refractivity contribution in [3.63, 3.8) is 0 Å². The molecule has 0 fully saturated rings. The minimum Gasteiger partial charge on any atom is -0.481 e. The molecule has 0 bridgehead atoms. The zero-order valence-corrected chi connectivity index (χ0v) is 10.1. The summed E-state index contributed by atoms with van der Waals surface area (Å²) in [6, 6.07) is 4.16. The van der Waals surface area contributed by atoms with Crippen LogP contribution in [0.2, 0.25) is 0 Å². The number of hydrogen-bond acceptors (Lipinski definition) is 3. The Morgan fingerprint density at radius 3 is 1.82 bits per heavy atom. The van der Waals surface area contributed by atoms with Gasteiger partial charge in [0.05, 0.1) is 0 Å². The molecule has 1 aromatic rings. The van der Waals surface area contributed by atoms with E-state index in [0.717, 1.165) is 0 Å². The molecule has 0 unspecified atom stereocenters. The number of aliphatic carboxylic acids is 1. The lowest BCUT2D eigenvalue weighted by molar-refractivity contribution is -0.136. The smallest absolute Gasteiger partial charge is 0.303 e. The fraction of sp³-hybridized carbons (Fsp3) is 0.182. The van der Waals surface area contributed by atoms with Crippen LogP contribution < -0.4 is 0 Å². The summed E-state index contributed by atoms with van der Waals surface area (Å²) in [5, 5.41) is 7.10. The predicted molar refractivity (Wildman–Crippen MR) is 62.8 cm³/mol. The lowest BCUT2D eigenvalue weighted by atomic mass is 10.0. The summed E-state index contributed by atoms with van der Waals surface area (Å²) >= 11 is 10.6. The molecule has 0 spiro atoms. The summed E-state index contributed by atoms with van der Waals surface area (Å²) in [7, 11) is 0. The fourth-order valence-corrected chi connectivity index (χ4v) is 1.53. The van der Waals surface area contributed by atoms with Gasteiger partial charge in [-0.15, -0.1) is 0 Å². The molecule has 1 N–H and O–H groups in total. The van der Waals surface area contributed by atoms with Gasteiger partial charge >= 0.3 is 5.97 Å². The standard InChI is InChI=1S/C11H8Cl2O4/c12-10(16)7-3-6(1-2-9(14)15)4-8(5-7)11(13)17/h3-5H,1-2H2,(H,14,15). The van der Waals surface area contributed by atoms with Gasteiger partial charge in [0, 0.05) is 17.5 Å². The monoisotopic (exact) mass is 274 g/mol. The van der Waals surface area contributed by atoms with Gasteiger partial charge in [-0.2, -0.15) is 0 Å². The molecule has 1 aromatic carbocycles. The maximum absolute atomic E-state index is 11.0. The zero-order chi connectivity index (χ0) is 13.0. The third-order valence-corrected chi connectivity index (χ3v) is 2.51. The average Bonchev–Trinajstić information content (AvgIpc) is 2.25. The van der Waals surface area contributed by atoms with E-state index in [1.807, 2.05) is 0 Å². The second-order valence-corrected chi connectivity index (χ2v) is 4.05. The lowest BCUT2D eigenvalue weighted by Crippen LogP contribution is -2.01. The van der Waals surface area contributed by atoms with Crippen LogP contribution in [0.15, 0.2) is 18.2 Å². The van der Waals surface area contributed by atoms with Gasteiger partial charge in [0.15, 0.2) is 0 Å². The van der Waals surface area contributed by atoms with Crippen molar-refractivity contribution < 1.29 is 19.5 Å². The van der Waals surface area contributed by atoms with Crippen LogP contribution in [0.3, 0.4) is 0 Å². The topological polar surface area (TPSA) is 71.4 Å². The zero-order valence-electron chi connectivity index (χ0n) is 8.57. The number of benzene rings is 1. The second-order valence-electron chi connectivity index (χ2n) is 3.36. The van der Waals surface area contributed by atoms with Crippen LogP contribution in [0.25, 0.3) is 0 Å². The molecule has 0 aromatic heterocycles. The Morgan fingerprint density at radius 1 is 1.00 bits per heavy atom. The van der Waals surface area contributed by atoms with Crippen LogP contribution in [0.4, 0.5) is 0 Å². The molecule has 0 aliphatic heterocycles. The van der Waals surface area contributed by atoms with Crippen molar-refractivity contribution in [2.45, 2.75) is 12.8 Å². The summed E-state index contributed by atoms with van der Waals surface area (Å²) in [5.41, 5.74) is 0.778. The first-order chi connectivity index (χ1) is 7.90. The van der Waals surface area contributed by atoms with E-state index in [2.05, 4.69) is 0 Å². The maximum atomic E-state index is 11.0. The molecule has 0 saturated heterocycles. The Balaban J connectivity index is 3.08. The Hall–Kier alpha value is -1.39. The molecule has 0 heterocycles. The van der Waals surface area contributed by atoms with Crippen molar-refractivity contribution in [3.8, 4) is 0 Å². The van der Waals surface area contributed by atoms with Gasteiger partial charge in [0.1, 0.15) is 0 Å². The van der Waals surface area contributed by atoms with E-state index in [9.17, 15) is 14.4 Å². The molecule has 1 rings (SSSR count). The van der Waals surface area contributed by atoms with E-state index in [0.29, 0.717) is 5.56 Å². The summed E-state index contributed by atoms with van der Waals surface area (Å²) < 4.78 is 0. The fourth-order valence-electron chi connectivity index (χ4n) is 1.31. The highest BCUT2D eigenvalue weighted by atomic mass is 35.5. The highest BCUT2D eigenvalue weighted by Gasteiger charge is 2.11. The van der Waals surface area contributed by atoms with Gasteiger partial charge in [0.25, 0.3) is 10.5 Å². The molecule has 6 heteroatoms. The average molecular weight is 275 g/mol. The molecule has 0 aliphatic rings. The minimum atomic E-state index is -0.966. The molecule has 0 saturated carbocycles. The molecular formula is C11H8Cl2O4. The van der Waals surface area contributed by atoms with Gasteiger partial charge in [0.2, 0.25) is 0 Å². The first kappa shape index (κ1) is 13.7. The highest BCUT2D eigenvalue weighted by Crippen LogP contribution is 2.16. The number of hydrogen-bond donors (Lipinski definition) is 1. The van der Waals surface area contributed by atoms with E-state index in [-0.39, 0.29) is 24.0 Å². The van der Waals surface area contributed by atoms with E-state index < -0.39 is 16.5 Å². The van der Waals surface area contributed by atoms with Gasteiger partial charge < -0.3 is 5.11 Å². The van der Waals surface area contributed by atoms with E-state index >= 15 is 0 Å². The number of aryl methyl sites for hydroxylation is 1. The van der Waals surface area contributed by atoms with E-state index in [1.54, 1.807) is 0 Å². The third kappa shape index (κ3) is 4.17. The summed E-state index contributed by atoms with van der Waals surface area (Å²) in [6.45, 7) is 0. The number of carbonyl (C=O) groups is 3. The number of carbonyl (C=O) groups excluding carboxylic acids is 2. The molecule has 0 amide bonds. The van der Waals surface area contributed by atoms with Crippen molar-refractivity contribution in [1.82, 2.24) is 0 Å². The predicted octanol–water partition coefficient (Wildman–Crippen LogP) is 2.46. The van der Waals surface area contributed by atoms with Crippen LogP contribution >= 0.6 is 23.2 Å². The van der Waals surface area contributed by atoms with Crippen LogP contribution in [-0.2, 0) is 11.2 Å². The van der Waals surface area contributed by atoms with Crippen molar-refractivity contribution >= 4 is 39.7 Å². The van der Waals surface area contributed by atoms with Gasteiger partial charge in [-0.25, -0.2) is 0 Å². The van der Waals surface area contributed by atoms with Crippen LogP contribution in [0.5, 0.6) is 0 Å². The first-order valence-electron chi connectivity index (χ1n) is 4.65. The first-order valence-corrected chi connectivity index (χ1v) is 5.41. The normalized spacial score (nSPS) is 10.0. The van der Waals surface area contributed by atoms with Gasteiger partial charge in [-0.05, 0) is 53.4 Å². The SMILES string of the molecule is O=C(O)CCc1cc(C(=O)Cl)cc(C(=O)Cl)c1. The second kappa shape index (κ2) is 5.80. The largest absolute Gasteiger partial charge is 0.481 e. The quantitative estimate of drug-likeness (QED) is 0.838. The molecule has 0 atom stereocenters. The molecule has 90 valence electrons. The van der Waals surface area contributed by atoms with Crippen molar-refractivity contribution in [2.75, 3.05) is 0 Å². The van der Waals surface area contributed by atoms with Gasteiger partial charge in [-0.1, -0.05) is 0 Å². The Bertz CT molecular complexity index is 450. The van der Waals surface area contributed by atoms with Crippen LogP contribution in [0.1, 0.15) is 32.7 Å². The number of carboxylic acid groups (broad SMARTS) is 1. The van der Waals surface area contributed by atoms with Crippen LogP contribution in [0, 0.1) is 0 Å². The lowest BCUT2D eigenvalue weighted by Gasteiger charge is -2.04. The Kier molecular flexibility index (Phi) is 4.66. The minimum absolute atomic E-state index is 0.101. The molecule has 0 radical (unpaired) electrons. The van der Waals surface area contributed by atoms with Gasteiger partial charge in [-0.3, -0.25) is 14.4 Å². The van der Waals surface area contributed by atoms with Crippen molar-refractivity contribution in [2.24, 2.45) is 0 Å². The van der Waals surface area contributed by atoms with E-state index in [1.165, 1.54) is 18.2 Å². The third-order valence-electron chi connectivity index (χ3n) is 2.07. The summed E-state index contributed by atoms with van der Waals surface area (Å²) in [4.78, 5) is 32.4. The molecule has 4 nitrogen and oxygen atoms in total. The number of carboxylic acids is 1. The van der Waals surface area contributed by atoms with Crippen LogP contribution in [-0.4, -0.2) is 21.6 Å². The Labute approximate surface area is 107 Å². The number of halogens is 2. The molecule has 17 heavy (non-hydrogen) atoms. The Morgan fingerprint density at radius 2 is 1.47 bits per heavy atom.